The van der Waals surface area contributed by atoms with Gasteiger partial charge < -0.3 is 24.8 Å². The van der Waals surface area contributed by atoms with Crippen LogP contribution in [0, 0.1) is 13.8 Å². The van der Waals surface area contributed by atoms with Crippen molar-refractivity contribution in [2.75, 3.05) is 27.4 Å². The molecule has 2 N–H and O–H groups in total. The van der Waals surface area contributed by atoms with Gasteiger partial charge in [0, 0.05) is 24.4 Å². The molecule has 0 aliphatic rings. The van der Waals surface area contributed by atoms with E-state index in [-0.39, 0.29) is 30.0 Å². The van der Waals surface area contributed by atoms with Crippen molar-refractivity contribution < 1.29 is 14.2 Å². The molecule has 0 amide bonds. The van der Waals surface area contributed by atoms with Gasteiger partial charge in [-0.25, -0.2) is 0 Å². The molecule has 0 fully saturated rings. The lowest BCUT2D eigenvalue weighted by Crippen LogP contribution is -2.38. The second-order valence-electron chi connectivity index (χ2n) is 6.91. The fourth-order valence-electron chi connectivity index (χ4n) is 3.24. The molecular formula is C23H35IN4O3. The van der Waals surface area contributed by atoms with Gasteiger partial charge in [-0.2, -0.15) is 0 Å². The minimum Gasteiger partial charge on any atom is -0.496 e. The summed E-state index contributed by atoms with van der Waals surface area (Å²) in [5.74, 6) is 3.07. The van der Waals surface area contributed by atoms with Crippen LogP contribution in [0.2, 0.25) is 0 Å². The van der Waals surface area contributed by atoms with E-state index in [2.05, 4.69) is 27.5 Å². The zero-order valence-electron chi connectivity index (χ0n) is 19.5. The van der Waals surface area contributed by atoms with Crippen molar-refractivity contribution in [3.8, 4) is 17.2 Å². The summed E-state index contributed by atoms with van der Waals surface area (Å²) in [6, 6.07) is 6.02. The number of halogens is 1. The summed E-state index contributed by atoms with van der Waals surface area (Å²) in [4.78, 5) is 8.88. The first-order valence-corrected chi connectivity index (χ1v) is 10.3. The quantitative estimate of drug-likeness (QED) is 0.275. The van der Waals surface area contributed by atoms with E-state index in [1.807, 2.05) is 52.1 Å². The van der Waals surface area contributed by atoms with Gasteiger partial charge in [-0.05, 0) is 52.3 Å². The molecule has 8 heteroatoms. The van der Waals surface area contributed by atoms with Crippen LogP contribution in [-0.4, -0.2) is 38.3 Å². The molecule has 7 nitrogen and oxygen atoms in total. The first kappa shape index (κ1) is 26.8. The van der Waals surface area contributed by atoms with Gasteiger partial charge in [0.2, 0.25) is 0 Å². The summed E-state index contributed by atoms with van der Waals surface area (Å²) in [7, 11) is 3.43. The molecule has 1 atom stereocenters. The highest BCUT2D eigenvalue weighted by atomic mass is 127. The molecule has 1 aromatic heterocycles. The minimum atomic E-state index is 0. The van der Waals surface area contributed by atoms with Crippen molar-refractivity contribution in [3.05, 3.63) is 46.8 Å². The Balaban J connectivity index is 0.00000480. The zero-order chi connectivity index (χ0) is 22.1. The molecule has 0 aliphatic carbocycles. The van der Waals surface area contributed by atoms with E-state index >= 15 is 0 Å². The van der Waals surface area contributed by atoms with Crippen molar-refractivity contribution >= 4 is 29.9 Å². The van der Waals surface area contributed by atoms with E-state index in [0.717, 1.165) is 39.6 Å². The average Bonchev–Trinajstić information content (AvgIpc) is 2.74. The van der Waals surface area contributed by atoms with Crippen molar-refractivity contribution in [3.63, 3.8) is 0 Å². The predicted molar refractivity (Wildman–Crippen MR) is 136 cm³/mol. The van der Waals surface area contributed by atoms with Gasteiger partial charge >= 0.3 is 0 Å². The first-order chi connectivity index (χ1) is 14.4. The maximum atomic E-state index is 5.74. The normalized spacial score (nSPS) is 11.9. The van der Waals surface area contributed by atoms with E-state index in [1.54, 1.807) is 14.2 Å². The standard InChI is InChI=1S/C23H34N4O3.HI/c1-8-29-20-11-10-18(12-21(20)30-9-2)17(5)27-23(24-6)26-14-19-16(4)22(28-7)15(3)13-25-19;/h10-13,17H,8-9,14H2,1-7H3,(H2,24,26,27);1H. The molecule has 172 valence electrons. The van der Waals surface area contributed by atoms with Crippen LogP contribution in [0.4, 0.5) is 0 Å². The predicted octanol–water partition coefficient (Wildman–Crippen LogP) is 4.55. The Bertz CT molecular complexity index is 874. The summed E-state index contributed by atoms with van der Waals surface area (Å²) >= 11 is 0. The van der Waals surface area contributed by atoms with Crippen LogP contribution in [0.1, 0.15) is 49.2 Å². The summed E-state index contributed by atoms with van der Waals surface area (Å²) in [5, 5.41) is 6.75. The van der Waals surface area contributed by atoms with Crippen LogP contribution in [0.15, 0.2) is 29.4 Å². The molecule has 0 saturated carbocycles. The third kappa shape index (κ3) is 7.15. The summed E-state index contributed by atoms with van der Waals surface area (Å²) in [6.45, 7) is 11.7. The Kier molecular flexibility index (Phi) is 11.4. The highest BCUT2D eigenvalue weighted by Crippen LogP contribution is 2.30. The number of benzene rings is 1. The highest BCUT2D eigenvalue weighted by molar-refractivity contribution is 14.0. The molecule has 2 aromatic rings. The summed E-state index contributed by atoms with van der Waals surface area (Å²) in [6.07, 6.45) is 1.83. The average molecular weight is 542 g/mol. The van der Waals surface area contributed by atoms with Crippen molar-refractivity contribution in [1.29, 1.82) is 0 Å². The Morgan fingerprint density at radius 3 is 2.42 bits per heavy atom. The van der Waals surface area contributed by atoms with Crippen LogP contribution < -0.4 is 24.8 Å². The Morgan fingerprint density at radius 1 is 1.13 bits per heavy atom. The first-order valence-electron chi connectivity index (χ1n) is 10.3. The fourth-order valence-corrected chi connectivity index (χ4v) is 3.24. The number of pyridine rings is 1. The second-order valence-corrected chi connectivity index (χ2v) is 6.91. The fraction of sp³-hybridized carbons (Fsp3) is 0.478. The van der Waals surface area contributed by atoms with Crippen LogP contribution >= 0.6 is 24.0 Å². The number of guanidine groups is 1. The van der Waals surface area contributed by atoms with Gasteiger partial charge in [0.15, 0.2) is 17.5 Å². The SMILES string of the molecule is CCOc1ccc(C(C)NC(=NC)NCc2ncc(C)c(OC)c2C)cc1OCC.I. The molecule has 0 radical (unpaired) electrons. The number of ether oxygens (including phenoxy) is 3. The minimum absolute atomic E-state index is 0. The molecule has 0 saturated heterocycles. The molecule has 0 bridgehead atoms. The van der Waals surface area contributed by atoms with E-state index < -0.39 is 0 Å². The van der Waals surface area contributed by atoms with Crippen LogP contribution in [0.5, 0.6) is 17.2 Å². The molecule has 0 aliphatic heterocycles. The number of rotatable bonds is 9. The Labute approximate surface area is 203 Å². The molecule has 31 heavy (non-hydrogen) atoms. The largest absolute Gasteiger partial charge is 0.496 e. The maximum absolute atomic E-state index is 5.74. The highest BCUT2D eigenvalue weighted by Gasteiger charge is 2.14. The number of aromatic nitrogens is 1. The monoisotopic (exact) mass is 542 g/mol. The lowest BCUT2D eigenvalue weighted by molar-refractivity contribution is 0.287. The maximum Gasteiger partial charge on any atom is 0.191 e. The Morgan fingerprint density at radius 2 is 1.81 bits per heavy atom. The lowest BCUT2D eigenvalue weighted by Gasteiger charge is -2.20. The Hall–Kier alpha value is -2.23. The molecular weight excluding hydrogens is 507 g/mol. The number of aryl methyl sites for hydroxylation is 1. The third-order valence-corrected chi connectivity index (χ3v) is 4.82. The number of nitrogens with zero attached hydrogens (tertiary/aromatic N) is 2. The van der Waals surface area contributed by atoms with Crippen molar-refractivity contribution in [2.24, 2.45) is 4.99 Å². The van der Waals surface area contributed by atoms with Crippen LogP contribution in [-0.2, 0) is 6.54 Å². The number of nitrogens with one attached hydrogen (secondary N) is 2. The van der Waals surface area contributed by atoms with Gasteiger partial charge in [0.05, 0.1) is 38.6 Å². The number of methoxy groups -OCH3 is 1. The topological polar surface area (TPSA) is 77.0 Å². The molecule has 1 unspecified atom stereocenters. The van der Waals surface area contributed by atoms with Crippen molar-refractivity contribution in [1.82, 2.24) is 15.6 Å². The zero-order valence-corrected chi connectivity index (χ0v) is 21.9. The third-order valence-electron chi connectivity index (χ3n) is 4.82. The molecule has 0 spiro atoms. The van der Waals surface area contributed by atoms with Gasteiger partial charge in [0.1, 0.15) is 5.75 Å². The molecule has 1 aromatic carbocycles. The van der Waals surface area contributed by atoms with E-state index in [9.17, 15) is 0 Å². The van der Waals surface area contributed by atoms with Crippen molar-refractivity contribution in [2.45, 2.75) is 47.2 Å². The van der Waals surface area contributed by atoms with Crippen LogP contribution in [0.3, 0.4) is 0 Å². The smallest absolute Gasteiger partial charge is 0.191 e. The van der Waals surface area contributed by atoms with Gasteiger partial charge in [-0.3, -0.25) is 9.98 Å². The van der Waals surface area contributed by atoms with Gasteiger partial charge in [0.25, 0.3) is 0 Å². The lowest BCUT2D eigenvalue weighted by atomic mass is 10.1. The van der Waals surface area contributed by atoms with E-state index in [4.69, 9.17) is 14.2 Å². The molecule has 2 rings (SSSR count). The van der Waals surface area contributed by atoms with E-state index in [1.165, 1.54) is 0 Å². The van der Waals surface area contributed by atoms with Gasteiger partial charge in [-0.1, -0.05) is 6.07 Å². The molecule has 1 heterocycles. The summed E-state index contributed by atoms with van der Waals surface area (Å²) in [5.41, 5.74) is 4.06. The van der Waals surface area contributed by atoms with Crippen LogP contribution in [0.25, 0.3) is 0 Å². The second kappa shape index (κ2) is 13.2. The summed E-state index contributed by atoms with van der Waals surface area (Å²) < 4.78 is 16.9. The van der Waals surface area contributed by atoms with E-state index in [0.29, 0.717) is 25.7 Å². The van der Waals surface area contributed by atoms with Gasteiger partial charge in [-0.15, -0.1) is 24.0 Å². The number of hydrogen-bond donors (Lipinski definition) is 2. The number of aliphatic imine (C=N–C) groups is 1. The number of hydrogen-bond acceptors (Lipinski definition) is 5.